The molecule has 2 aromatic rings. The Hall–Kier alpha value is -2.69. The molecule has 1 aromatic carbocycles. The van der Waals surface area contributed by atoms with E-state index in [0.717, 1.165) is 12.8 Å². The Bertz CT molecular complexity index is 749. The van der Waals surface area contributed by atoms with Gasteiger partial charge in [-0.25, -0.2) is 0 Å². The van der Waals surface area contributed by atoms with Crippen LogP contribution in [0.15, 0.2) is 42.6 Å². The SMILES string of the molecule is Cc1ccccc1C1(CNC(=O)c2ccc(C(N)=O)cn2)CC1. The minimum Gasteiger partial charge on any atom is -0.366 e. The second kappa shape index (κ2) is 5.83. The third-order valence-electron chi connectivity index (χ3n) is 4.44. The molecule has 1 aliphatic carbocycles. The van der Waals surface area contributed by atoms with Crippen molar-refractivity contribution < 1.29 is 9.59 Å². The van der Waals surface area contributed by atoms with Gasteiger partial charge in [0.05, 0.1) is 5.56 Å². The van der Waals surface area contributed by atoms with Crippen LogP contribution in [0.1, 0.15) is 44.8 Å². The number of nitrogens with zero attached hydrogens (tertiary/aromatic N) is 1. The number of carbonyl (C=O) groups is 2. The van der Waals surface area contributed by atoms with E-state index in [1.165, 1.54) is 29.5 Å². The minimum absolute atomic E-state index is 0.0498. The average molecular weight is 309 g/mol. The summed E-state index contributed by atoms with van der Waals surface area (Å²) in [6.07, 6.45) is 3.48. The smallest absolute Gasteiger partial charge is 0.269 e. The number of nitrogens with two attached hydrogens (primary N) is 1. The van der Waals surface area contributed by atoms with Crippen LogP contribution >= 0.6 is 0 Å². The highest BCUT2D eigenvalue weighted by atomic mass is 16.2. The molecule has 1 saturated carbocycles. The van der Waals surface area contributed by atoms with Gasteiger partial charge >= 0.3 is 0 Å². The van der Waals surface area contributed by atoms with Crippen molar-refractivity contribution in [3.8, 4) is 0 Å². The van der Waals surface area contributed by atoms with Crippen LogP contribution in [0.4, 0.5) is 0 Å². The lowest BCUT2D eigenvalue weighted by molar-refractivity contribution is 0.0941. The lowest BCUT2D eigenvalue weighted by atomic mass is 9.92. The van der Waals surface area contributed by atoms with Crippen LogP contribution < -0.4 is 11.1 Å². The molecule has 0 aliphatic heterocycles. The fourth-order valence-electron chi connectivity index (χ4n) is 2.87. The van der Waals surface area contributed by atoms with E-state index in [-0.39, 0.29) is 17.0 Å². The van der Waals surface area contributed by atoms with Crippen LogP contribution in [0, 0.1) is 6.92 Å². The Labute approximate surface area is 134 Å². The van der Waals surface area contributed by atoms with Gasteiger partial charge < -0.3 is 11.1 Å². The summed E-state index contributed by atoms with van der Waals surface area (Å²) in [6, 6.07) is 11.3. The number of nitrogens with one attached hydrogen (secondary N) is 1. The quantitative estimate of drug-likeness (QED) is 0.885. The molecule has 1 aliphatic rings. The second-order valence-corrected chi connectivity index (χ2v) is 6.07. The molecule has 0 radical (unpaired) electrons. The van der Waals surface area contributed by atoms with Gasteiger partial charge in [0.25, 0.3) is 5.91 Å². The molecule has 0 bridgehead atoms. The molecule has 0 spiro atoms. The molecule has 0 atom stereocenters. The van der Waals surface area contributed by atoms with Crippen molar-refractivity contribution in [1.29, 1.82) is 0 Å². The second-order valence-electron chi connectivity index (χ2n) is 6.07. The van der Waals surface area contributed by atoms with Gasteiger partial charge in [0.1, 0.15) is 5.69 Å². The monoisotopic (exact) mass is 309 g/mol. The van der Waals surface area contributed by atoms with E-state index in [9.17, 15) is 9.59 Å². The number of pyridine rings is 1. The van der Waals surface area contributed by atoms with Gasteiger partial charge in [0.15, 0.2) is 0 Å². The van der Waals surface area contributed by atoms with Crippen molar-refractivity contribution in [3.05, 3.63) is 65.0 Å². The highest BCUT2D eigenvalue weighted by molar-refractivity contribution is 5.95. The topological polar surface area (TPSA) is 85.1 Å². The van der Waals surface area contributed by atoms with Gasteiger partial charge in [-0.05, 0) is 43.0 Å². The number of hydrogen-bond donors (Lipinski definition) is 2. The Morgan fingerprint density at radius 2 is 1.96 bits per heavy atom. The van der Waals surface area contributed by atoms with Crippen LogP contribution in [-0.4, -0.2) is 23.3 Å². The van der Waals surface area contributed by atoms with Crippen molar-refractivity contribution in [2.75, 3.05) is 6.54 Å². The lowest BCUT2D eigenvalue weighted by Gasteiger charge is -2.18. The molecule has 1 heterocycles. The zero-order valence-corrected chi connectivity index (χ0v) is 13.0. The zero-order chi connectivity index (χ0) is 16.4. The summed E-state index contributed by atoms with van der Waals surface area (Å²) in [4.78, 5) is 27.2. The summed E-state index contributed by atoms with van der Waals surface area (Å²) in [5.74, 6) is -0.790. The van der Waals surface area contributed by atoms with Crippen LogP contribution in [0.3, 0.4) is 0 Å². The predicted octanol–water partition coefficient (Wildman–Crippen LogP) is 1.95. The fraction of sp³-hybridized carbons (Fsp3) is 0.278. The number of aryl methyl sites for hydroxylation is 1. The van der Waals surface area contributed by atoms with E-state index < -0.39 is 5.91 Å². The lowest BCUT2D eigenvalue weighted by Crippen LogP contribution is -2.33. The molecule has 3 N–H and O–H groups in total. The molecule has 23 heavy (non-hydrogen) atoms. The van der Waals surface area contributed by atoms with E-state index in [2.05, 4.69) is 29.4 Å². The third kappa shape index (κ3) is 3.08. The van der Waals surface area contributed by atoms with Gasteiger partial charge in [0, 0.05) is 18.2 Å². The Morgan fingerprint density at radius 3 is 2.52 bits per heavy atom. The van der Waals surface area contributed by atoms with Crippen LogP contribution in [0.2, 0.25) is 0 Å². The maximum absolute atomic E-state index is 12.2. The Balaban J connectivity index is 1.67. The normalized spacial score (nSPS) is 15.0. The van der Waals surface area contributed by atoms with Crippen LogP contribution in [0.25, 0.3) is 0 Å². The van der Waals surface area contributed by atoms with E-state index in [1.54, 1.807) is 0 Å². The molecule has 3 rings (SSSR count). The molecule has 0 unspecified atom stereocenters. The first-order valence-electron chi connectivity index (χ1n) is 7.62. The van der Waals surface area contributed by atoms with Crippen molar-refractivity contribution in [2.24, 2.45) is 5.73 Å². The maximum Gasteiger partial charge on any atom is 0.269 e. The molecular weight excluding hydrogens is 290 g/mol. The first kappa shape index (κ1) is 15.2. The standard InChI is InChI=1S/C18H19N3O2/c1-12-4-2-3-5-14(12)18(8-9-18)11-21-17(23)15-7-6-13(10-20-15)16(19)22/h2-7,10H,8-9,11H2,1H3,(H2,19,22)(H,21,23). The number of benzene rings is 1. The first-order chi connectivity index (χ1) is 11.0. The summed E-state index contributed by atoms with van der Waals surface area (Å²) < 4.78 is 0. The van der Waals surface area contributed by atoms with Gasteiger partial charge in [-0.3, -0.25) is 14.6 Å². The zero-order valence-electron chi connectivity index (χ0n) is 13.0. The van der Waals surface area contributed by atoms with Crippen molar-refractivity contribution in [1.82, 2.24) is 10.3 Å². The van der Waals surface area contributed by atoms with Gasteiger partial charge in [-0.1, -0.05) is 24.3 Å². The number of aromatic nitrogens is 1. The Morgan fingerprint density at radius 1 is 1.22 bits per heavy atom. The number of carbonyl (C=O) groups excluding carboxylic acids is 2. The molecule has 1 aromatic heterocycles. The summed E-state index contributed by atoms with van der Waals surface area (Å²) in [5.41, 5.74) is 8.35. The van der Waals surface area contributed by atoms with Crippen molar-refractivity contribution >= 4 is 11.8 Å². The summed E-state index contributed by atoms with van der Waals surface area (Å²) >= 11 is 0. The van der Waals surface area contributed by atoms with Crippen LogP contribution in [0.5, 0.6) is 0 Å². The highest BCUT2D eigenvalue weighted by Gasteiger charge is 2.45. The third-order valence-corrected chi connectivity index (χ3v) is 4.44. The predicted molar refractivity (Wildman–Crippen MR) is 87.2 cm³/mol. The van der Waals surface area contributed by atoms with Gasteiger partial charge in [-0.15, -0.1) is 0 Å². The average Bonchev–Trinajstić information content (AvgIpc) is 3.34. The van der Waals surface area contributed by atoms with Crippen molar-refractivity contribution in [3.63, 3.8) is 0 Å². The minimum atomic E-state index is -0.555. The summed E-state index contributed by atoms with van der Waals surface area (Å²) in [5, 5.41) is 2.96. The maximum atomic E-state index is 12.2. The van der Waals surface area contributed by atoms with Crippen LogP contribution in [-0.2, 0) is 5.41 Å². The number of rotatable bonds is 5. The first-order valence-corrected chi connectivity index (χ1v) is 7.62. The highest BCUT2D eigenvalue weighted by Crippen LogP contribution is 2.48. The molecule has 2 amide bonds. The molecule has 118 valence electrons. The molecule has 1 fully saturated rings. The summed E-state index contributed by atoms with van der Waals surface area (Å²) in [6.45, 7) is 2.69. The fourth-order valence-corrected chi connectivity index (χ4v) is 2.87. The van der Waals surface area contributed by atoms with E-state index in [1.807, 2.05) is 12.1 Å². The van der Waals surface area contributed by atoms with Crippen molar-refractivity contribution in [2.45, 2.75) is 25.2 Å². The number of hydrogen-bond acceptors (Lipinski definition) is 3. The molecule has 5 heteroatoms. The summed E-state index contributed by atoms with van der Waals surface area (Å²) in [7, 11) is 0. The number of amides is 2. The molecular formula is C18H19N3O2. The van der Waals surface area contributed by atoms with E-state index in [0.29, 0.717) is 12.1 Å². The number of primary amides is 1. The van der Waals surface area contributed by atoms with Gasteiger partial charge in [0.2, 0.25) is 5.91 Å². The van der Waals surface area contributed by atoms with E-state index in [4.69, 9.17) is 5.73 Å². The van der Waals surface area contributed by atoms with E-state index >= 15 is 0 Å². The Kier molecular flexibility index (Phi) is 3.86. The largest absolute Gasteiger partial charge is 0.366 e. The van der Waals surface area contributed by atoms with Gasteiger partial charge in [-0.2, -0.15) is 0 Å². The molecule has 5 nitrogen and oxygen atoms in total. The molecule has 0 saturated heterocycles.